The predicted octanol–water partition coefficient (Wildman–Crippen LogP) is 1.04. The summed E-state index contributed by atoms with van der Waals surface area (Å²) in [7, 11) is -5.09. The Balaban J connectivity index is 2.97. The second-order valence-corrected chi connectivity index (χ2v) is 4.42. The number of nitro groups is 1. The zero-order valence-corrected chi connectivity index (χ0v) is 9.97. The highest BCUT2D eigenvalue weighted by Gasteiger charge is 2.30. The minimum Gasteiger partial charge on any atom is -0.369 e. The number of carbonyl (C=O) groups is 1. The Morgan fingerprint density at radius 2 is 1.89 bits per heavy atom. The first-order chi connectivity index (χ1) is 8.74. The van der Waals surface area contributed by atoms with Gasteiger partial charge in [0.25, 0.3) is 5.69 Å². The van der Waals surface area contributed by atoms with Gasteiger partial charge in [-0.05, 0) is 22.9 Å². The molecule has 2 N–H and O–H groups in total. The minimum atomic E-state index is -5.09. The van der Waals surface area contributed by atoms with Crippen molar-refractivity contribution in [2.45, 2.75) is 6.04 Å². The third kappa shape index (κ3) is 4.21. The highest BCUT2D eigenvalue weighted by atomic mass is 31.2. The zero-order valence-electron chi connectivity index (χ0n) is 9.07. The number of phosphoric ester groups is 1. The second kappa shape index (κ2) is 5.65. The lowest BCUT2D eigenvalue weighted by Gasteiger charge is -2.09. The number of nitro benzene ring substituents is 1. The summed E-state index contributed by atoms with van der Waals surface area (Å²) >= 11 is 0. The molecule has 0 amide bonds. The Kier molecular flexibility index (Phi) is 4.43. The second-order valence-electron chi connectivity index (χ2n) is 3.26. The van der Waals surface area contributed by atoms with Gasteiger partial charge >= 0.3 is 13.8 Å². The van der Waals surface area contributed by atoms with Crippen molar-refractivity contribution in [3.63, 3.8) is 0 Å². The van der Waals surface area contributed by atoms with Gasteiger partial charge < -0.3 is 4.52 Å². The van der Waals surface area contributed by atoms with Gasteiger partial charge in [0.1, 0.15) is 0 Å². The van der Waals surface area contributed by atoms with E-state index in [1.165, 1.54) is 0 Å². The van der Waals surface area contributed by atoms with Gasteiger partial charge in [0, 0.05) is 12.1 Å². The van der Waals surface area contributed by atoms with Crippen molar-refractivity contribution in [3.8, 4) is 0 Å². The molecule has 11 heteroatoms. The summed E-state index contributed by atoms with van der Waals surface area (Å²) in [6.07, 6.45) is 0. The molecular weight excluding hydrogens is 283 g/mol. The molecule has 0 saturated heterocycles. The molecule has 0 spiro atoms. The molecule has 0 radical (unpaired) electrons. The van der Waals surface area contributed by atoms with Gasteiger partial charge in [0.2, 0.25) is 6.04 Å². The number of hydrogen-bond donors (Lipinski definition) is 2. The molecule has 0 aromatic heterocycles. The molecule has 1 rings (SSSR count). The summed E-state index contributed by atoms with van der Waals surface area (Å²) in [5, 5.41) is 12.8. The molecule has 1 aromatic carbocycles. The number of non-ortho nitro benzene ring substituents is 1. The first-order valence-electron chi connectivity index (χ1n) is 4.60. The van der Waals surface area contributed by atoms with Gasteiger partial charge in [-0.25, -0.2) is 9.36 Å². The molecular formula is C8H7N2O8P. The molecule has 19 heavy (non-hydrogen) atoms. The van der Waals surface area contributed by atoms with Gasteiger partial charge in [-0.15, -0.1) is 4.91 Å². The average molecular weight is 290 g/mol. The lowest BCUT2D eigenvalue weighted by atomic mass is 10.1. The van der Waals surface area contributed by atoms with Crippen LogP contribution in [0.4, 0.5) is 5.69 Å². The molecule has 0 heterocycles. The first kappa shape index (κ1) is 14.9. The highest BCUT2D eigenvalue weighted by Crippen LogP contribution is 2.38. The molecule has 0 aliphatic rings. The van der Waals surface area contributed by atoms with Crippen molar-refractivity contribution in [1.29, 1.82) is 0 Å². The Morgan fingerprint density at radius 1 is 1.37 bits per heavy atom. The van der Waals surface area contributed by atoms with Gasteiger partial charge in [0.05, 0.1) is 4.92 Å². The number of phosphoric acid groups is 1. The van der Waals surface area contributed by atoms with Crippen molar-refractivity contribution in [3.05, 3.63) is 44.9 Å². The molecule has 0 fully saturated rings. The molecule has 1 aromatic rings. The largest absolute Gasteiger partial charge is 0.527 e. The van der Waals surface area contributed by atoms with Crippen molar-refractivity contribution in [2.24, 2.45) is 5.18 Å². The fraction of sp³-hybridized carbons (Fsp3) is 0.125. The number of rotatable bonds is 5. The summed E-state index contributed by atoms with van der Waals surface area (Å²) in [5.74, 6) is -1.54. The van der Waals surface area contributed by atoms with E-state index in [0.29, 0.717) is 0 Å². The standard InChI is InChI=1S/C8H7N2O8P/c11-8(18-19(15,16)17)7(9-12)5-1-3-6(4-2-5)10(13)14/h1-4,7H,(H2,15,16,17). The van der Waals surface area contributed by atoms with Crippen LogP contribution in [0, 0.1) is 15.0 Å². The van der Waals surface area contributed by atoms with Crippen molar-refractivity contribution in [1.82, 2.24) is 0 Å². The molecule has 102 valence electrons. The number of nitrogens with zero attached hydrogens (tertiary/aromatic N) is 2. The van der Waals surface area contributed by atoms with Crippen molar-refractivity contribution in [2.75, 3.05) is 0 Å². The van der Waals surface area contributed by atoms with Crippen LogP contribution in [0.2, 0.25) is 0 Å². The minimum absolute atomic E-state index is 0.0842. The number of hydrogen-bond acceptors (Lipinski definition) is 7. The quantitative estimate of drug-likeness (QED) is 0.352. The third-order valence-corrected chi connectivity index (χ3v) is 2.37. The van der Waals surface area contributed by atoms with Crippen molar-refractivity contribution >= 4 is 19.5 Å². The summed E-state index contributed by atoms with van der Waals surface area (Å²) < 4.78 is 14.2. The summed E-state index contributed by atoms with van der Waals surface area (Å²) in [6.45, 7) is 0. The van der Waals surface area contributed by atoms with E-state index < -0.39 is 24.8 Å². The molecule has 0 saturated carbocycles. The van der Waals surface area contributed by atoms with E-state index in [1.807, 2.05) is 0 Å². The third-order valence-electron chi connectivity index (χ3n) is 1.96. The molecule has 0 bridgehead atoms. The summed E-state index contributed by atoms with van der Waals surface area (Å²) in [6, 6.07) is 2.33. The van der Waals surface area contributed by atoms with Crippen LogP contribution in [0.1, 0.15) is 11.6 Å². The highest BCUT2D eigenvalue weighted by molar-refractivity contribution is 7.46. The van der Waals surface area contributed by atoms with E-state index >= 15 is 0 Å². The van der Waals surface area contributed by atoms with Gasteiger partial charge in [-0.1, -0.05) is 0 Å². The van der Waals surface area contributed by atoms with Crippen LogP contribution in [0.15, 0.2) is 29.4 Å². The number of carbonyl (C=O) groups excluding carboxylic acids is 1. The first-order valence-corrected chi connectivity index (χ1v) is 6.13. The molecule has 1 atom stereocenters. The normalized spacial score (nSPS) is 12.5. The van der Waals surface area contributed by atoms with E-state index in [-0.39, 0.29) is 11.3 Å². The topological polar surface area (TPSA) is 156 Å². The van der Waals surface area contributed by atoms with Gasteiger partial charge in [-0.2, -0.15) is 0 Å². The summed E-state index contributed by atoms with van der Waals surface area (Å²) in [4.78, 5) is 48.3. The fourth-order valence-electron chi connectivity index (χ4n) is 1.19. The van der Waals surface area contributed by atoms with E-state index in [0.717, 1.165) is 24.3 Å². The lowest BCUT2D eigenvalue weighted by molar-refractivity contribution is -0.384. The Morgan fingerprint density at radius 3 is 2.26 bits per heavy atom. The Hall–Kier alpha value is -2.16. The maximum Gasteiger partial charge on any atom is 0.527 e. The maximum atomic E-state index is 11.3. The van der Waals surface area contributed by atoms with Crippen LogP contribution in [-0.2, 0) is 13.9 Å². The van der Waals surface area contributed by atoms with Crippen LogP contribution in [-0.4, -0.2) is 20.7 Å². The smallest absolute Gasteiger partial charge is 0.369 e. The molecule has 0 aliphatic carbocycles. The SMILES string of the molecule is O=NC(C(=O)OP(=O)(O)O)c1ccc([N+](=O)[O-])cc1. The molecule has 0 aliphatic heterocycles. The fourth-order valence-corrected chi connectivity index (χ4v) is 1.52. The monoisotopic (exact) mass is 290 g/mol. The molecule has 1 unspecified atom stereocenters. The predicted molar refractivity (Wildman–Crippen MR) is 59.8 cm³/mol. The van der Waals surface area contributed by atoms with Crippen LogP contribution in [0.25, 0.3) is 0 Å². The summed E-state index contributed by atoms with van der Waals surface area (Å²) in [5.41, 5.74) is -0.365. The van der Waals surface area contributed by atoms with E-state index in [1.54, 1.807) is 0 Å². The van der Waals surface area contributed by atoms with Crippen LogP contribution >= 0.6 is 7.82 Å². The van der Waals surface area contributed by atoms with E-state index in [4.69, 9.17) is 9.79 Å². The van der Waals surface area contributed by atoms with Crippen LogP contribution in [0.5, 0.6) is 0 Å². The number of nitroso groups, excluding NO2 is 1. The van der Waals surface area contributed by atoms with Gasteiger partial charge in [0.15, 0.2) is 0 Å². The van der Waals surface area contributed by atoms with E-state index in [2.05, 4.69) is 9.70 Å². The van der Waals surface area contributed by atoms with Crippen molar-refractivity contribution < 1.29 is 28.6 Å². The lowest BCUT2D eigenvalue weighted by Crippen LogP contribution is -2.12. The van der Waals surface area contributed by atoms with E-state index in [9.17, 15) is 24.4 Å². The van der Waals surface area contributed by atoms with Crippen LogP contribution < -0.4 is 0 Å². The Labute approximate surface area is 105 Å². The Bertz CT molecular complexity index is 550. The number of benzene rings is 1. The van der Waals surface area contributed by atoms with Crippen LogP contribution in [0.3, 0.4) is 0 Å². The zero-order chi connectivity index (χ0) is 14.6. The maximum absolute atomic E-state index is 11.3. The molecule has 10 nitrogen and oxygen atoms in total. The van der Waals surface area contributed by atoms with Gasteiger partial charge in [-0.3, -0.25) is 19.9 Å². The average Bonchev–Trinajstić information content (AvgIpc) is 2.28.